The zero-order chi connectivity index (χ0) is 16.6. The van der Waals surface area contributed by atoms with Crippen LogP contribution in [0.2, 0.25) is 0 Å². The van der Waals surface area contributed by atoms with Gasteiger partial charge in [-0.05, 0) is 43.2 Å². The van der Waals surface area contributed by atoms with Crippen LogP contribution in [0.25, 0.3) is 0 Å². The standard InChI is InChI=1S/C21H33NO2/c23-19(15-22-18-11-3-1-2-4-12-18)16-24-21-14-8-7-13-20(21)17-9-5-6-10-17/h7-8,13-14,17-19,22-23H,1-6,9-12,15-16H2. The van der Waals surface area contributed by atoms with Gasteiger partial charge in [0.05, 0.1) is 0 Å². The fourth-order valence-corrected chi connectivity index (χ4v) is 4.22. The largest absolute Gasteiger partial charge is 0.491 e. The molecule has 0 spiro atoms. The third-order valence-electron chi connectivity index (χ3n) is 5.64. The van der Waals surface area contributed by atoms with E-state index in [-0.39, 0.29) is 0 Å². The van der Waals surface area contributed by atoms with Crippen LogP contribution >= 0.6 is 0 Å². The van der Waals surface area contributed by atoms with E-state index in [4.69, 9.17) is 4.74 Å². The minimum atomic E-state index is -0.440. The van der Waals surface area contributed by atoms with Crippen molar-refractivity contribution in [3.63, 3.8) is 0 Å². The quantitative estimate of drug-likeness (QED) is 0.728. The van der Waals surface area contributed by atoms with Crippen molar-refractivity contribution in [2.24, 2.45) is 0 Å². The van der Waals surface area contributed by atoms with E-state index in [1.54, 1.807) is 0 Å². The highest BCUT2D eigenvalue weighted by atomic mass is 16.5. The highest BCUT2D eigenvalue weighted by Gasteiger charge is 2.21. The molecule has 0 amide bonds. The summed E-state index contributed by atoms with van der Waals surface area (Å²) in [7, 11) is 0. The molecule has 24 heavy (non-hydrogen) atoms. The van der Waals surface area contributed by atoms with E-state index in [1.807, 2.05) is 6.07 Å². The monoisotopic (exact) mass is 331 g/mol. The molecule has 0 saturated heterocycles. The smallest absolute Gasteiger partial charge is 0.122 e. The molecule has 2 aliphatic rings. The summed E-state index contributed by atoms with van der Waals surface area (Å²) in [6.45, 7) is 1.01. The molecular weight excluding hydrogens is 298 g/mol. The number of hydrogen-bond donors (Lipinski definition) is 2. The van der Waals surface area contributed by atoms with Crippen molar-refractivity contribution in [3.05, 3.63) is 29.8 Å². The number of aliphatic hydroxyl groups is 1. The van der Waals surface area contributed by atoms with Gasteiger partial charge in [0.15, 0.2) is 0 Å². The zero-order valence-corrected chi connectivity index (χ0v) is 14.9. The van der Waals surface area contributed by atoms with Gasteiger partial charge in [-0.15, -0.1) is 0 Å². The molecule has 0 aliphatic heterocycles. The Bertz CT molecular complexity index is 476. The van der Waals surface area contributed by atoms with Crippen LogP contribution in [0.3, 0.4) is 0 Å². The molecule has 3 heteroatoms. The Morgan fingerprint density at radius 2 is 1.62 bits per heavy atom. The maximum absolute atomic E-state index is 10.3. The van der Waals surface area contributed by atoms with Crippen molar-refractivity contribution in [3.8, 4) is 5.75 Å². The predicted octanol–water partition coefficient (Wildman–Crippen LogP) is 4.40. The number of para-hydroxylation sites is 1. The molecule has 2 fully saturated rings. The summed E-state index contributed by atoms with van der Waals surface area (Å²) in [4.78, 5) is 0. The summed E-state index contributed by atoms with van der Waals surface area (Å²) in [6, 6.07) is 8.96. The first-order valence-corrected chi connectivity index (χ1v) is 9.96. The highest BCUT2D eigenvalue weighted by Crippen LogP contribution is 2.38. The number of aliphatic hydroxyl groups excluding tert-OH is 1. The van der Waals surface area contributed by atoms with E-state index >= 15 is 0 Å². The van der Waals surface area contributed by atoms with Gasteiger partial charge in [-0.25, -0.2) is 0 Å². The molecule has 2 aliphatic carbocycles. The van der Waals surface area contributed by atoms with Gasteiger partial charge in [0.2, 0.25) is 0 Å². The molecule has 0 radical (unpaired) electrons. The minimum Gasteiger partial charge on any atom is -0.491 e. The number of rotatable bonds is 7. The molecule has 134 valence electrons. The topological polar surface area (TPSA) is 41.5 Å². The fourth-order valence-electron chi connectivity index (χ4n) is 4.22. The van der Waals surface area contributed by atoms with Crippen LogP contribution in [0.5, 0.6) is 5.75 Å². The molecule has 0 aromatic heterocycles. The Balaban J connectivity index is 1.45. The summed E-state index contributed by atoms with van der Waals surface area (Å²) in [5.41, 5.74) is 1.33. The Kier molecular flexibility index (Phi) is 6.98. The lowest BCUT2D eigenvalue weighted by Crippen LogP contribution is -2.37. The molecule has 1 unspecified atom stereocenters. The highest BCUT2D eigenvalue weighted by molar-refractivity contribution is 5.36. The summed E-state index contributed by atoms with van der Waals surface area (Å²) in [5.74, 6) is 1.61. The van der Waals surface area contributed by atoms with Gasteiger partial charge >= 0.3 is 0 Å². The normalized spacial score (nSPS) is 21.5. The average molecular weight is 332 g/mol. The fraction of sp³-hybridized carbons (Fsp3) is 0.714. The second-order valence-corrected chi connectivity index (χ2v) is 7.58. The van der Waals surface area contributed by atoms with Crippen LogP contribution in [0.4, 0.5) is 0 Å². The van der Waals surface area contributed by atoms with Crippen LogP contribution in [0.15, 0.2) is 24.3 Å². The van der Waals surface area contributed by atoms with Gasteiger partial charge in [0, 0.05) is 12.6 Å². The van der Waals surface area contributed by atoms with Crippen molar-refractivity contribution < 1.29 is 9.84 Å². The van der Waals surface area contributed by atoms with Crippen molar-refractivity contribution in [2.45, 2.75) is 82.3 Å². The van der Waals surface area contributed by atoms with E-state index in [1.165, 1.54) is 69.8 Å². The lowest BCUT2D eigenvalue weighted by atomic mass is 9.97. The first kappa shape index (κ1) is 17.8. The van der Waals surface area contributed by atoms with Gasteiger partial charge in [0.1, 0.15) is 18.5 Å². The predicted molar refractivity (Wildman–Crippen MR) is 98.6 cm³/mol. The van der Waals surface area contributed by atoms with Crippen molar-refractivity contribution >= 4 is 0 Å². The summed E-state index contributed by atoms with van der Waals surface area (Å²) in [6.07, 6.45) is 12.6. The van der Waals surface area contributed by atoms with Crippen molar-refractivity contribution in [1.82, 2.24) is 5.32 Å². The number of ether oxygens (including phenoxy) is 1. The Hall–Kier alpha value is -1.06. The molecule has 1 aromatic carbocycles. The molecule has 3 nitrogen and oxygen atoms in total. The Morgan fingerprint density at radius 1 is 0.958 bits per heavy atom. The number of benzene rings is 1. The molecule has 3 rings (SSSR count). The SMILES string of the molecule is OC(CNC1CCCCCC1)COc1ccccc1C1CCCC1. The lowest BCUT2D eigenvalue weighted by molar-refractivity contribution is 0.102. The maximum atomic E-state index is 10.3. The van der Waals surface area contributed by atoms with E-state index in [9.17, 15) is 5.11 Å². The van der Waals surface area contributed by atoms with E-state index in [0.717, 1.165) is 5.75 Å². The molecule has 0 bridgehead atoms. The van der Waals surface area contributed by atoms with Crippen LogP contribution < -0.4 is 10.1 Å². The zero-order valence-electron chi connectivity index (χ0n) is 14.9. The Morgan fingerprint density at radius 3 is 2.38 bits per heavy atom. The van der Waals surface area contributed by atoms with Gasteiger partial charge in [0.25, 0.3) is 0 Å². The third-order valence-corrected chi connectivity index (χ3v) is 5.64. The second-order valence-electron chi connectivity index (χ2n) is 7.58. The second kappa shape index (κ2) is 9.43. The van der Waals surface area contributed by atoms with Crippen LogP contribution in [0.1, 0.15) is 75.7 Å². The summed E-state index contributed by atoms with van der Waals surface area (Å²) in [5, 5.41) is 13.8. The number of nitrogens with one attached hydrogen (secondary N) is 1. The van der Waals surface area contributed by atoms with Gasteiger partial charge in [-0.3, -0.25) is 0 Å². The van der Waals surface area contributed by atoms with E-state index in [0.29, 0.717) is 25.1 Å². The van der Waals surface area contributed by atoms with E-state index in [2.05, 4.69) is 23.5 Å². The van der Waals surface area contributed by atoms with E-state index < -0.39 is 6.10 Å². The maximum Gasteiger partial charge on any atom is 0.122 e. The molecular formula is C21H33NO2. The molecule has 2 N–H and O–H groups in total. The van der Waals surface area contributed by atoms with Gasteiger partial charge in [-0.2, -0.15) is 0 Å². The van der Waals surface area contributed by atoms with Crippen LogP contribution in [-0.2, 0) is 0 Å². The molecule has 1 atom stereocenters. The number of hydrogen-bond acceptors (Lipinski definition) is 3. The molecule has 1 aromatic rings. The Labute approximate surface area is 146 Å². The first-order chi connectivity index (χ1) is 11.8. The average Bonchev–Trinajstić information content (AvgIpc) is 3.02. The summed E-state index contributed by atoms with van der Waals surface area (Å²) < 4.78 is 5.99. The van der Waals surface area contributed by atoms with Gasteiger partial charge < -0.3 is 15.2 Å². The minimum absolute atomic E-state index is 0.378. The third kappa shape index (κ3) is 5.22. The van der Waals surface area contributed by atoms with Crippen LogP contribution in [0, 0.1) is 0 Å². The van der Waals surface area contributed by atoms with Crippen LogP contribution in [-0.4, -0.2) is 30.4 Å². The van der Waals surface area contributed by atoms with Crippen molar-refractivity contribution in [1.29, 1.82) is 0 Å². The first-order valence-electron chi connectivity index (χ1n) is 9.96. The molecule has 2 saturated carbocycles. The lowest BCUT2D eigenvalue weighted by Gasteiger charge is -2.21. The van der Waals surface area contributed by atoms with Gasteiger partial charge in [-0.1, -0.05) is 56.7 Å². The molecule has 0 heterocycles. The summed E-state index contributed by atoms with van der Waals surface area (Å²) >= 11 is 0. The van der Waals surface area contributed by atoms with Crippen molar-refractivity contribution in [2.75, 3.05) is 13.2 Å².